The van der Waals surface area contributed by atoms with Crippen LogP contribution in [0.5, 0.6) is 5.75 Å². The van der Waals surface area contributed by atoms with Crippen LogP contribution >= 0.6 is 11.6 Å². The third kappa shape index (κ3) is 3.43. The fraction of sp³-hybridized carbons (Fsp3) is 0.429. The number of nitrogens with zero attached hydrogens (tertiary/aromatic N) is 4. The Bertz CT molecular complexity index is 779. The van der Waals surface area contributed by atoms with Gasteiger partial charge in [-0.3, -0.25) is 0 Å². The van der Waals surface area contributed by atoms with E-state index < -0.39 is 11.6 Å². The molecular formula is C14H14Cl2F2N4OZn. The molecule has 0 radical (unpaired) electrons. The molecule has 0 amide bonds. The first-order valence-corrected chi connectivity index (χ1v) is 8.99. The fourth-order valence-corrected chi connectivity index (χ4v) is 3.40. The average molecular weight is 429 g/mol. The van der Waals surface area contributed by atoms with Gasteiger partial charge in [-0.25, -0.2) is 0 Å². The first-order valence-electron chi connectivity index (χ1n) is 7.12. The number of aromatic nitrogens is 2. The van der Waals surface area contributed by atoms with E-state index in [1.54, 1.807) is 0 Å². The van der Waals surface area contributed by atoms with E-state index in [0.717, 1.165) is 6.54 Å². The van der Waals surface area contributed by atoms with Gasteiger partial charge in [0.1, 0.15) is 0 Å². The van der Waals surface area contributed by atoms with Crippen molar-refractivity contribution in [2.45, 2.75) is 0 Å². The zero-order valence-electron chi connectivity index (χ0n) is 13.2. The van der Waals surface area contributed by atoms with Gasteiger partial charge < -0.3 is 12.4 Å². The number of rotatable bonds is 3. The number of likely N-dealkylation sites (N-methyl/N-ethyl adjacent to an activating group) is 1. The van der Waals surface area contributed by atoms with Gasteiger partial charge in [0.05, 0.1) is 0 Å². The summed E-state index contributed by atoms with van der Waals surface area (Å²) >= 11 is 6.30. The van der Waals surface area contributed by atoms with Gasteiger partial charge >= 0.3 is 147 Å². The topological polar surface area (TPSA) is 41.5 Å². The van der Waals surface area contributed by atoms with Crippen LogP contribution < -0.4 is 26.2 Å². The molecule has 1 aromatic carbocycles. The van der Waals surface area contributed by atoms with Gasteiger partial charge in [-0.05, 0) is 0 Å². The molecule has 10 heteroatoms. The predicted octanol–water partition coefficient (Wildman–Crippen LogP) is -1.50. The second-order valence-electron chi connectivity index (χ2n) is 5.61. The van der Waals surface area contributed by atoms with E-state index in [9.17, 15) is 8.78 Å². The molecule has 1 aromatic heterocycles. The number of hydrogen-bond donors (Lipinski definition) is 0. The molecule has 0 saturated heterocycles. The summed E-state index contributed by atoms with van der Waals surface area (Å²) in [6, 6.07) is 0. The van der Waals surface area contributed by atoms with Crippen LogP contribution in [0.1, 0.15) is 0 Å². The van der Waals surface area contributed by atoms with Gasteiger partial charge in [0, 0.05) is 0 Å². The zero-order chi connectivity index (χ0) is 16.7. The molecule has 0 bridgehead atoms. The third-order valence-electron chi connectivity index (χ3n) is 3.75. The summed E-state index contributed by atoms with van der Waals surface area (Å²) in [5.41, 5.74) is 0.0226. The van der Waals surface area contributed by atoms with E-state index in [4.69, 9.17) is 16.3 Å². The Labute approximate surface area is 159 Å². The van der Waals surface area contributed by atoms with Crippen molar-refractivity contribution in [1.82, 2.24) is 14.9 Å². The molecule has 126 valence electrons. The van der Waals surface area contributed by atoms with Crippen molar-refractivity contribution in [3.63, 3.8) is 0 Å². The van der Waals surface area contributed by atoms with E-state index in [2.05, 4.69) is 9.97 Å². The molecule has 2 aromatic rings. The summed E-state index contributed by atoms with van der Waals surface area (Å²) < 4.78 is 34.5. The second-order valence-corrected chi connectivity index (χ2v) is 7.44. The molecule has 0 aliphatic carbocycles. The summed E-state index contributed by atoms with van der Waals surface area (Å²) in [7, 11) is 3.91. The van der Waals surface area contributed by atoms with E-state index in [-0.39, 0.29) is 38.5 Å². The van der Waals surface area contributed by atoms with Crippen LogP contribution in [0.15, 0.2) is 0 Å². The standard InChI is InChI=1S/C14H14ClF2N4O.ClH.Zn/c1-20(2)3-4-21-5-6-22-12-9(17)7-8(16)11-10(12)13(21)19-14(15)18-11;;/h3-6H2,1-2H3;1H;/q;;+1/p-1. The Morgan fingerprint density at radius 2 is 2.00 bits per heavy atom. The van der Waals surface area contributed by atoms with E-state index in [1.165, 1.54) is 0 Å². The van der Waals surface area contributed by atoms with Gasteiger partial charge in [0.15, 0.2) is 0 Å². The van der Waals surface area contributed by atoms with Gasteiger partial charge in [0.25, 0.3) is 0 Å². The molecule has 24 heavy (non-hydrogen) atoms. The minimum absolute atomic E-state index is 0. The van der Waals surface area contributed by atoms with Crippen LogP contribution in [0.4, 0.5) is 14.6 Å². The van der Waals surface area contributed by atoms with Crippen molar-refractivity contribution in [3.05, 3.63) is 16.9 Å². The molecule has 0 spiro atoms. The number of hydrogen-bond acceptors (Lipinski definition) is 5. The molecule has 0 atom stereocenters. The Kier molecular flexibility index (Phi) is 6.18. The molecule has 1 aliphatic heterocycles. The minimum atomic E-state index is -0.676. The van der Waals surface area contributed by atoms with Crippen molar-refractivity contribution < 1.29 is 44.2 Å². The number of ether oxygens (including phenoxy) is 1. The summed E-state index contributed by atoms with van der Waals surface area (Å²) in [6.45, 7) is 2.21. The summed E-state index contributed by atoms with van der Waals surface area (Å²) in [6.07, 6.45) is 0. The maximum atomic E-state index is 14.5. The van der Waals surface area contributed by atoms with Gasteiger partial charge in [-0.2, -0.15) is 0 Å². The largest absolute Gasteiger partial charge is 1.00 e. The predicted molar refractivity (Wildman–Crippen MR) is 80.4 cm³/mol. The number of benzene rings is 1. The Hall–Kier alpha value is -0.817. The number of halogens is 4. The first kappa shape index (κ1) is 19.5. The number of anilines is 1. The van der Waals surface area contributed by atoms with Crippen molar-refractivity contribution in [2.75, 3.05) is 45.2 Å². The normalized spacial score (nSPS) is 13.8. The van der Waals surface area contributed by atoms with Gasteiger partial charge in [-0.1, -0.05) is 0 Å². The van der Waals surface area contributed by atoms with Crippen LogP contribution in [0.3, 0.4) is 0 Å². The van der Waals surface area contributed by atoms with Crippen molar-refractivity contribution >= 4 is 32.5 Å². The molecule has 0 unspecified atom stereocenters. The van der Waals surface area contributed by atoms with Crippen LogP contribution in [0, 0.1) is 11.6 Å². The van der Waals surface area contributed by atoms with Crippen molar-refractivity contribution in [2.24, 2.45) is 0 Å². The van der Waals surface area contributed by atoms with Crippen LogP contribution in [0.25, 0.3) is 10.9 Å². The Morgan fingerprint density at radius 3 is 2.67 bits per heavy atom. The first-order chi connectivity index (χ1) is 10.9. The van der Waals surface area contributed by atoms with Crippen LogP contribution in [-0.2, 0) is 18.3 Å². The molecule has 0 fully saturated rings. The third-order valence-corrected chi connectivity index (χ3v) is 5.22. The minimum Gasteiger partial charge on any atom is -1.00 e. The van der Waals surface area contributed by atoms with Gasteiger partial charge in [-0.15, -0.1) is 0 Å². The van der Waals surface area contributed by atoms with Crippen LogP contribution in [0.2, 0.25) is 5.28 Å². The molecule has 2 heterocycles. The smallest absolute Gasteiger partial charge is 1.00 e. The van der Waals surface area contributed by atoms with Crippen LogP contribution in [-0.4, -0.2) is 55.2 Å². The van der Waals surface area contributed by atoms with Crippen molar-refractivity contribution in [3.8, 4) is 5.75 Å². The SMILES string of the molecule is CN(C)CCN1CCOc2c(F)[c]([Zn+])c(F)c3nc(Cl)nc1c23.[Cl-]. The van der Waals surface area contributed by atoms with Gasteiger partial charge in [0.2, 0.25) is 0 Å². The Balaban J connectivity index is 0.00000208. The molecule has 5 nitrogen and oxygen atoms in total. The molecule has 0 saturated carbocycles. The summed E-state index contributed by atoms with van der Waals surface area (Å²) in [4.78, 5) is 12.1. The molecular weight excluding hydrogens is 414 g/mol. The van der Waals surface area contributed by atoms with E-state index in [0.29, 0.717) is 43.8 Å². The summed E-state index contributed by atoms with van der Waals surface area (Å²) in [5, 5.41) is 0.206. The van der Waals surface area contributed by atoms with Crippen molar-refractivity contribution in [1.29, 1.82) is 0 Å². The zero-order valence-corrected chi connectivity index (χ0v) is 17.7. The average Bonchev–Trinajstić information content (AvgIpc) is 2.68. The monoisotopic (exact) mass is 426 g/mol. The molecule has 3 rings (SSSR count). The Morgan fingerprint density at radius 1 is 1.29 bits per heavy atom. The van der Waals surface area contributed by atoms with E-state index in [1.807, 2.05) is 23.9 Å². The maximum absolute atomic E-state index is 14.5. The summed E-state index contributed by atoms with van der Waals surface area (Å²) in [5.74, 6) is -0.879. The molecule has 1 aliphatic rings. The second kappa shape index (κ2) is 7.60. The quantitative estimate of drug-likeness (QED) is 0.440. The fourth-order valence-electron chi connectivity index (χ4n) is 2.54. The maximum Gasteiger partial charge on any atom is -1.00 e. The van der Waals surface area contributed by atoms with E-state index >= 15 is 0 Å². The molecule has 0 N–H and O–H groups in total.